The first kappa shape index (κ1) is 14.5. The van der Waals surface area contributed by atoms with Gasteiger partial charge in [0, 0.05) is 26.6 Å². The quantitative estimate of drug-likeness (QED) is 0.657. The van der Waals surface area contributed by atoms with Gasteiger partial charge in [0.25, 0.3) is 0 Å². The van der Waals surface area contributed by atoms with Crippen molar-refractivity contribution >= 4 is 5.91 Å². The summed E-state index contributed by atoms with van der Waals surface area (Å²) in [6, 6.07) is 0. The van der Waals surface area contributed by atoms with Gasteiger partial charge in [0.1, 0.15) is 0 Å². The van der Waals surface area contributed by atoms with Gasteiger partial charge in [-0.15, -0.1) is 0 Å². The highest BCUT2D eigenvalue weighted by molar-refractivity contribution is 5.75. The van der Waals surface area contributed by atoms with Gasteiger partial charge < -0.3 is 15.4 Å². The molecule has 4 heteroatoms. The molecule has 0 bridgehead atoms. The van der Waals surface area contributed by atoms with Crippen LogP contribution < -0.4 is 5.73 Å². The molecule has 0 radical (unpaired) electrons. The van der Waals surface area contributed by atoms with Gasteiger partial charge in [0.05, 0.1) is 6.10 Å². The van der Waals surface area contributed by atoms with Crippen LogP contribution in [0.15, 0.2) is 0 Å². The molecule has 1 rings (SSSR count). The van der Waals surface area contributed by atoms with Crippen LogP contribution in [-0.4, -0.2) is 43.7 Å². The van der Waals surface area contributed by atoms with Crippen LogP contribution in [0.4, 0.5) is 0 Å². The minimum absolute atomic E-state index is 0.244. The zero-order chi connectivity index (χ0) is 12.5. The molecule has 0 saturated carbocycles. The molecule has 0 aromatic heterocycles. The topological polar surface area (TPSA) is 55.6 Å². The van der Waals surface area contributed by atoms with Crippen molar-refractivity contribution in [3.8, 4) is 0 Å². The van der Waals surface area contributed by atoms with Gasteiger partial charge >= 0.3 is 0 Å². The molecule has 1 aliphatic heterocycles. The number of hydrogen-bond acceptors (Lipinski definition) is 3. The molecule has 1 aliphatic rings. The zero-order valence-corrected chi connectivity index (χ0v) is 11.0. The molecule has 2 N–H and O–H groups in total. The highest BCUT2D eigenvalue weighted by atomic mass is 16.5. The Labute approximate surface area is 104 Å². The number of likely N-dealkylation sites (N-methyl/N-ethyl adjacent to an activating group) is 1. The summed E-state index contributed by atoms with van der Waals surface area (Å²) < 4.78 is 5.52. The Balaban J connectivity index is 2.05. The minimum atomic E-state index is 0.244. The van der Waals surface area contributed by atoms with Gasteiger partial charge in [0.2, 0.25) is 5.91 Å². The smallest absolute Gasteiger partial charge is 0.222 e. The molecular weight excluding hydrogens is 216 g/mol. The SMILES string of the molecule is CN(CC1CCCO1)C(=O)CCCCCCN. The summed E-state index contributed by atoms with van der Waals surface area (Å²) in [4.78, 5) is 13.6. The third kappa shape index (κ3) is 6.03. The molecule has 17 heavy (non-hydrogen) atoms. The van der Waals surface area contributed by atoms with Gasteiger partial charge in [-0.2, -0.15) is 0 Å². The minimum Gasteiger partial charge on any atom is -0.376 e. The highest BCUT2D eigenvalue weighted by Crippen LogP contribution is 2.13. The van der Waals surface area contributed by atoms with E-state index >= 15 is 0 Å². The molecule has 1 fully saturated rings. The molecule has 0 aromatic carbocycles. The standard InChI is InChI=1S/C13H26N2O2/c1-15(11-12-7-6-10-17-12)13(16)8-4-2-3-5-9-14/h12H,2-11,14H2,1H3. The second kappa shape index (κ2) is 8.48. The Morgan fingerprint density at radius 1 is 1.35 bits per heavy atom. The van der Waals surface area contributed by atoms with Gasteiger partial charge in [-0.25, -0.2) is 0 Å². The fraction of sp³-hybridized carbons (Fsp3) is 0.923. The predicted octanol–water partition coefficient (Wildman–Crippen LogP) is 1.53. The number of unbranched alkanes of at least 4 members (excludes halogenated alkanes) is 3. The van der Waals surface area contributed by atoms with Gasteiger partial charge in [-0.3, -0.25) is 4.79 Å². The maximum absolute atomic E-state index is 11.8. The zero-order valence-electron chi connectivity index (χ0n) is 11.0. The molecular formula is C13H26N2O2. The molecule has 0 aliphatic carbocycles. The van der Waals surface area contributed by atoms with Gasteiger partial charge in [-0.1, -0.05) is 12.8 Å². The first-order valence-electron chi connectivity index (χ1n) is 6.79. The van der Waals surface area contributed by atoms with E-state index in [0.29, 0.717) is 6.42 Å². The third-order valence-electron chi connectivity index (χ3n) is 3.27. The van der Waals surface area contributed by atoms with E-state index < -0.39 is 0 Å². The van der Waals surface area contributed by atoms with Crippen LogP contribution in [-0.2, 0) is 9.53 Å². The van der Waals surface area contributed by atoms with Crippen molar-refractivity contribution in [2.45, 2.75) is 51.0 Å². The normalized spacial score (nSPS) is 19.5. The number of ether oxygens (including phenoxy) is 1. The number of amides is 1. The Morgan fingerprint density at radius 3 is 2.76 bits per heavy atom. The number of carbonyl (C=O) groups excluding carboxylic acids is 1. The van der Waals surface area contributed by atoms with Crippen LogP contribution >= 0.6 is 0 Å². The molecule has 1 unspecified atom stereocenters. The summed E-state index contributed by atoms with van der Waals surface area (Å²) >= 11 is 0. The third-order valence-corrected chi connectivity index (χ3v) is 3.27. The first-order valence-corrected chi connectivity index (χ1v) is 6.79. The Morgan fingerprint density at radius 2 is 2.12 bits per heavy atom. The molecule has 4 nitrogen and oxygen atoms in total. The molecule has 1 amide bonds. The van der Waals surface area contributed by atoms with Crippen molar-refractivity contribution in [1.82, 2.24) is 4.90 Å². The second-order valence-corrected chi connectivity index (χ2v) is 4.86. The lowest BCUT2D eigenvalue weighted by atomic mass is 10.1. The van der Waals surface area contributed by atoms with E-state index in [1.54, 1.807) is 0 Å². The van der Waals surface area contributed by atoms with E-state index in [9.17, 15) is 4.79 Å². The van der Waals surface area contributed by atoms with Crippen LogP contribution in [0.5, 0.6) is 0 Å². The number of nitrogens with zero attached hydrogens (tertiary/aromatic N) is 1. The average molecular weight is 242 g/mol. The van der Waals surface area contributed by atoms with Gasteiger partial charge in [0.15, 0.2) is 0 Å². The van der Waals surface area contributed by atoms with Crippen molar-refractivity contribution in [1.29, 1.82) is 0 Å². The Hall–Kier alpha value is -0.610. The number of hydrogen-bond donors (Lipinski definition) is 1. The average Bonchev–Trinajstić information content (AvgIpc) is 2.81. The van der Waals surface area contributed by atoms with Crippen LogP contribution in [0.2, 0.25) is 0 Å². The summed E-state index contributed by atoms with van der Waals surface area (Å²) in [5, 5.41) is 0. The Kier molecular flexibility index (Phi) is 7.21. The first-order chi connectivity index (χ1) is 8.24. The van der Waals surface area contributed by atoms with E-state index in [1.807, 2.05) is 11.9 Å². The summed E-state index contributed by atoms with van der Waals surface area (Å²) in [6.07, 6.45) is 7.44. The van der Waals surface area contributed by atoms with E-state index in [2.05, 4.69) is 0 Å². The van der Waals surface area contributed by atoms with Crippen molar-refractivity contribution in [3.05, 3.63) is 0 Å². The molecule has 1 atom stereocenters. The summed E-state index contributed by atoms with van der Waals surface area (Å²) in [7, 11) is 1.88. The molecule has 1 heterocycles. The fourth-order valence-corrected chi connectivity index (χ4v) is 2.16. The number of carbonyl (C=O) groups is 1. The van der Waals surface area contributed by atoms with E-state index in [-0.39, 0.29) is 12.0 Å². The van der Waals surface area contributed by atoms with Crippen molar-refractivity contribution in [2.24, 2.45) is 5.73 Å². The van der Waals surface area contributed by atoms with Crippen molar-refractivity contribution in [2.75, 3.05) is 26.7 Å². The summed E-state index contributed by atoms with van der Waals surface area (Å²) in [5.41, 5.74) is 5.42. The number of rotatable bonds is 8. The van der Waals surface area contributed by atoms with E-state index in [0.717, 1.165) is 58.2 Å². The summed E-state index contributed by atoms with van der Waals surface area (Å²) in [6.45, 7) is 2.36. The van der Waals surface area contributed by atoms with Gasteiger partial charge in [-0.05, 0) is 32.2 Å². The maximum atomic E-state index is 11.8. The van der Waals surface area contributed by atoms with Crippen LogP contribution in [0.3, 0.4) is 0 Å². The van der Waals surface area contributed by atoms with Crippen LogP contribution in [0.25, 0.3) is 0 Å². The van der Waals surface area contributed by atoms with Crippen molar-refractivity contribution < 1.29 is 9.53 Å². The largest absolute Gasteiger partial charge is 0.376 e. The lowest BCUT2D eigenvalue weighted by Gasteiger charge is -2.20. The highest BCUT2D eigenvalue weighted by Gasteiger charge is 2.19. The van der Waals surface area contributed by atoms with Crippen molar-refractivity contribution in [3.63, 3.8) is 0 Å². The predicted molar refractivity (Wildman–Crippen MR) is 68.8 cm³/mol. The fourth-order valence-electron chi connectivity index (χ4n) is 2.16. The maximum Gasteiger partial charge on any atom is 0.222 e. The molecule has 0 spiro atoms. The van der Waals surface area contributed by atoms with Crippen LogP contribution in [0, 0.1) is 0 Å². The summed E-state index contributed by atoms with van der Waals surface area (Å²) in [5.74, 6) is 0.244. The Bertz CT molecular complexity index is 215. The van der Waals surface area contributed by atoms with E-state index in [1.165, 1.54) is 0 Å². The molecule has 0 aromatic rings. The lowest BCUT2D eigenvalue weighted by molar-refractivity contribution is -0.131. The molecule has 1 saturated heterocycles. The van der Waals surface area contributed by atoms with E-state index in [4.69, 9.17) is 10.5 Å². The second-order valence-electron chi connectivity index (χ2n) is 4.86. The lowest BCUT2D eigenvalue weighted by Crippen LogP contribution is -2.33. The molecule has 100 valence electrons. The monoisotopic (exact) mass is 242 g/mol. The van der Waals surface area contributed by atoms with Crippen LogP contribution in [0.1, 0.15) is 44.9 Å². The number of nitrogens with two attached hydrogens (primary N) is 1.